The van der Waals surface area contributed by atoms with Crippen LogP contribution in [0.25, 0.3) is 11.3 Å². The number of thiazole rings is 1. The zero-order valence-electron chi connectivity index (χ0n) is 22.2. The van der Waals surface area contributed by atoms with Gasteiger partial charge in [0.2, 0.25) is 0 Å². The lowest BCUT2D eigenvalue weighted by Gasteiger charge is -2.23. The minimum Gasteiger partial charge on any atom is -0.489 e. The molecule has 0 N–H and O–H groups in total. The standard InChI is InChI=1S/C32H33F3N2OS/c1-22(2)17-18-37(31-36-30(21-39-31)27-9-13-28(14-10-27)32(33,34)35)19-23-3-5-24(6-4-23)20-38-29-15-11-26(12-16-29)25-7-8-25/h3-6,9-16,21-22,25H,7-8,17-20H2,1-2H3. The molecule has 204 valence electrons. The monoisotopic (exact) mass is 550 g/mol. The van der Waals surface area contributed by atoms with E-state index in [0.29, 0.717) is 30.3 Å². The summed E-state index contributed by atoms with van der Waals surface area (Å²) in [6.45, 7) is 6.46. The fourth-order valence-corrected chi connectivity index (χ4v) is 5.27. The van der Waals surface area contributed by atoms with Gasteiger partial charge in [0.1, 0.15) is 12.4 Å². The number of aromatic nitrogens is 1. The number of hydrogen-bond donors (Lipinski definition) is 0. The van der Waals surface area contributed by atoms with Crippen molar-refractivity contribution in [2.24, 2.45) is 5.92 Å². The highest BCUT2D eigenvalue weighted by molar-refractivity contribution is 7.14. The van der Waals surface area contributed by atoms with Crippen LogP contribution < -0.4 is 9.64 Å². The largest absolute Gasteiger partial charge is 0.489 e. The van der Waals surface area contributed by atoms with E-state index in [1.54, 1.807) is 0 Å². The molecule has 3 nitrogen and oxygen atoms in total. The number of ether oxygens (including phenoxy) is 1. The van der Waals surface area contributed by atoms with Gasteiger partial charge in [-0.3, -0.25) is 0 Å². The van der Waals surface area contributed by atoms with Gasteiger partial charge in [-0.1, -0.05) is 62.4 Å². The Morgan fingerprint density at radius 1 is 0.923 bits per heavy atom. The van der Waals surface area contributed by atoms with Crippen molar-refractivity contribution in [3.63, 3.8) is 0 Å². The molecular weight excluding hydrogens is 517 g/mol. The van der Waals surface area contributed by atoms with Crippen molar-refractivity contribution in [1.29, 1.82) is 0 Å². The van der Waals surface area contributed by atoms with Gasteiger partial charge in [0, 0.05) is 24.0 Å². The van der Waals surface area contributed by atoms with Crippen molar-refractivity contribution < 1.29 is 17.9 Å². The first kappa shape index (κ1) is 27.3. The highest BCUT2D eigenvalue weighted by atomic mass is 32.1. The first-order valence-electron chi connectivity index (χ1n) is 13.4. The highest BCUT2D eigenvalue weighted by Gasteiger charge is 2.30. The summed E-state index contributed by atoms with van der Waals surface area (Å²) < 4.78 is 44.8. The number of halogens is 3. The predicted molar refractivity (Wildman–Crippen MR) is 152 cm³/mol. The first-order chi connectivity index (χ1) is 18.7. The van der Waals surface area contributed by atoms with E-state index in [0.717, 1.165) is 47.5 Å². The maximum Gasteiger partial charge on any atom is 0.416 e. The normalized spacial score (nSPS) is 13.6. The Hall–Kier alpha value is -3.32. The molecule has 7 heteroatoms. The molecule has 39 heavy (non-hydrogen) atoms. The third-order valence-electron chi connectivity index (χ3n) is 6.98. The maximum absolute atomic E-state index is 12.9. The van der Waals surface area contributed by atoms with E-state index in [9.17, 15) is 13.2 Å². The van der Waals surface area contributed by atoms with E-state index in [1.165, 1.54) is 47.4 Å². The molecule has 0 bridgehead atoms. The smallest absolute Gasteiger partial charge is 0.416 e. The summed E-state index contributed by atoms with van der Waals surface area (Å²) in [5, 5.41) is 2.78. The second-order valence-corrected chi connectivity index (χ2v) is 11.5. The van der Waals surface area contributed by atoms with Crippen LogP contribution in [0.15, 0.2) is 78.2 Å². The Kier molecular flexibility index (Phi) is 8.26. The lowest BCUT2D eigenvalue weighted by Crippen LogP contribution is -2.24. The van der Waals surface area contributed by atoms with Crippen LogP contribution in [0.5, 0.6) is 5.75 Å². The average Bonchev–Trinajstić information content (AvgIpc) is 3.66. The fraction of sp³-hybridized carbons (Fsp3) is 0.344. The molecule has 1 aliphatic carbocycles. The maximum atomic E-state index is 12.9. The van der Waals surface area contributed by atoms with Gasteiger partial charge < -0.3 is 9.64 Å². The van der Waals surface area contributed by atoms with Crippen LogP contribution in [-0.2, 0) is 19.3 Å². The quantitative estimate of drug-likeness (QED) is 0.186. The first-order valence-corrected chi connectivity index (χ1v) is 14.3. The van der Waals surface area contributed by atoms with E-state index in [1.807, 2.05) is 5.38 Å². The summed E-state index contributed by atoms with van der Waals surface area (Å²) in [6, 6.07) is 22.1. The Morgan fingerprint density at radius 2 is 1.59 bits per heavy atom. The minimum atomic E-state index is -4.35. The number of rotatable bonds is 11. The van der Waals surface area contributed by atoms with Gasteiger partial charge >= 0.3 is 6.18 Å². The molecule has 1 fully saturated rings. The van der Waals surface area contributed by atoms with Crippen molar-refractivity contribution in [3.05, 3.63) is 100 Å². The van der Waals surface area contributed by atoms with Crippen molar-refractivity contribution >= 4 is 16.5 Å². The molecule has 0 radical (unpaired) electrons. The summed E-state index contributed by atoms with van der Waals surface area (Å²) in [4.78, 5) is 7.05. The molecule has 1 aliphatic rings. The number of benzene rings is 3. The number of hydrogen-bond acceptors (Lipinski definition) is 4. The highest BCUT2D eigenvalue weighted by Crippen LogP contribution is 2.40. The second kappa shape index (κ2) is 11.8. The van der Waals surface area contributed by atoms with E-state index in [4.69, 9.17) is 9.72 Å². The Bertz CT molecular complexity index is 1340. The molecule has 4 aromatic rings. The number of anilines is 1. The summed E-state index contributed by atoms with van der Waals surface area (Å²) in [5.74, 6) is 2.17. The van der Waals surface area contributed by atoms with Gasteiger partial charge in [-0.25, -0.2) is 4.98 Å². The van der Waals surface area contributed by atoms with Crippen molar-refractivity contribution in [2.45, 2.75) is 58.4 Å². The van der Waals surface area contributed by atoms with Gasteiger partial charge in [0.05, 0.1) is 11.3 Å². The van der Waals surface area contributed by atoms with Crippen LogP contribution in [0, 0.1) is 5.92 Å². The number of nitrogens with zero attached hydrogens (tertiary/aromatic N) is 2. The molecule has 0 aliphatic heterocycles. The van der Waals surface area contributed by atoms with Crippen molar-refractivity contribution in [1.82, 2.24) is 4.98 Å². The third kappa shape index (κ3) is 7.41. The predicted octanol–water partition coefficient (Wildman–Crippen LogP) is 9.34. The molecule has 3 aromatic carbocycles. The molecule has 1 saturated carbocycles. The molecular formula is C32H33F3N2OS. The Labute approximate surface area is 232 Å². The van der Waals surface area contributed by atoms with Crippen LogP contribution in [0.3, 0.4) is 0 Å². The number of alkyl halides is 3. The second-order valence-electron chi connectivity index (χ2n) is 10.6. The van der Waals surface area contributed by atoms with Crippen LogP contribution in [-0.4, -0.2) is 11.5 Å². The van der Waals surface area contributed by atoms with Gasteiger partial charge in [-0.2, -0.15) is 13.2 Å². The van der Waals surface area contributed by atoms with Crippen LogP contribution in [0.2, 0.25) is 0 Å². The van der Waals surface area contributed by atoms with Crippen LogP contribution in [0.1, 0.15) is 61.3 Å². The van der Waals surface area contributed by atoms with E-state index < -0.39 is 11.7 Å². The summed E-state index contributed by atoms with van der Waals surface area (Å²) in [5.41, 5.74) is 4.40. The van der Waals surface area contributed by atoms with Gasteiger partial charge in [0.15, 0.2) is 5.13 Å². The van der Waals surface area contributed by atoms with E-state index >= 15 is 0 Å². The SMILES string of the molecule is CC(C)CCN(Cc1ccc(COc2ccc(C3CC3)cc2)cc1)c1nc(-c2ccc(C(F)(F)F)cc2)cs1. The molecule has 0 saturated heterocycles. The Morgan fingerprint density at radius 3 is 2.21 bits per heavy atom. The molecule has 0 unspecified atom stereocenters. The molecule has 0 amide bonds. The molecule has 5 rings (SSSR count). The fourth-order valence-electron chi connectivity index (χ4n) is 4.41. The van der Waals surface area contributed by atoms with Gasteiger partial charge in [-0.15, -0.1) is 11.3 Å². The van der Waals surface area contributed by atoms with E-state index in [2.05, 4.69) is 67.3 Å². The lowest BCUT2D eigenvalue weighted by molar-refractivity contribution is -0.137. The van der Waals surface area contributed by atoms with Gasteiger partial charge in [0.25, 0.3) is 0 Å². The molecule has 0 spiro atoms. The Balaban J connectivity index is 1.23. The van der Waals surface area contributed by atoms with Crippen LogP contribution in [0.4, 0.5) is 18.3 Å². The van der Waals surface area contributed by atoms with Crippen molar-refractivity contribution in [2.75, 3.05) is 11.4 Å². The molecule has 1 aromatic heterocycles. The molecule has 0 atom stereocenters. The van der Waals surface area contributed by atoms with Gasteiger partial charge in [-0.05, 0) is 72.1 Å². The zero-order chi connectivity index (χ0) is 27.4. The molecule has 1 heterocycles. The zero-order valence-corrected chi connectivity index (χ0v) is 23.1. The van der Waals surface area contributed by atoms with Crippen LogP contribution >= 0.6 is 11.3 Å². The third-order valence-corrected chi connectivity index (χ3v) is 7.88. The minimum absolute atomic E-state index is 0.517. The average molecular weight is 551 g/mol. The van der Waals surface area contributed by atoms with E-state index in [-0.39, 0.29) is 0 Å². The summed E-state index contributed by atoms with van der Waals surface area (Å²) in [6.07, 6.45) is -0.739. The van der Waals surface area contributed by atoms with Crippen molar-refractivity contribution in [3.8, 4) is 17.0 Å². The lowest BCUT2D eigenvalue weighted by atomic mass is 10.1. The summed E-state index contributed by atoms with van der Waals surface area (Å²) in [7, 11) is 0. The topological polar surface area (TPSA) is 25.4 Å². The summed E-state index contributed by atoms with van der Waals surface area (Å²) >= 11 is 1.52.